The minimum atomic E-state index is -0.665. The van der Waals surface area contributed by atoms with Crippen LogP contribution in [0.1, 0.15) is 51.7 Å². The molecular formula is C31H28O2S. The van der Waals surface area contributed by atoms with Crippen LogP contribution in [-0.4, -0.2) is 5.79 Å². The van der Waals surface area contributed by atoms with Crippen molar-refractivity contribution in [1.82, 2.24) is 0 Å². The molecule has 3 heteroatoms. The second-order valence-corrected chi connectivity index (χ2v) is 10.3. The Labute approximate surface area is 207 Å². The van der Waals surface area contributed by atoms with E-state index in [0.717, 1.165) is 67.8 Å². The molecule has 0 atom stereocenters. The predicted octanol–water partition coefficient (Wildman–Crippen LogP) is 7.93. The summed E-state index contributed by atoms with van der Waals surface area (Å²) in [5.74, 6) is 7.89. The molecule has 0 aromatic heterocycles. The summed E-state index contributed by atoms with van der Waals surface area (Å²) in [6.07, 6.45) is 7.74. The highest BCUT2D eigenvalue weighted by atomic mass is 32.1. The van der Waals surface area contributed by atoms with Gasteiger partial charge in [-0.3, -0.25) is 0 Å². The van der Waals surface area contributed by atoms with Crippen molar-refractivity contribution in [3.63, 3.8) is 0 Å². The number of rotatable bonds is 4. The number of hydrogen-bond acceptors (Lipinski definition) is 3. The van der Waals surface area contributed by atoms with Crippen molar-refractivity contribution in [2.45, 2.75) is 46.3 Å². The van der Waals surface area contributed by atoms with Crippen LogP contribution >= 0.6 is 12.6 Å². The first kappa shape index (κ1) is 22.5. The molecule has 0 spiro atoms. The van der Waals surface area contributed by atoms with Gasteiger partial charge in [0.15, 0.2) is 11.5 Å². The van der Waals surface area contributed by atoms with E-state index in [-0.39, 0.29) is 0 Å². The third-order valence-electron chi connectivity index (χ3n) is 6.40. The number of thiol groups is 1. The van der Waals surface area contributed by atoms with Crippen LogP contribution in [0.5, 0.6) is 11.5 Å². The first-order valence-corrected chi connectivity index (χ1v) is 12.2. The lowest BCUT2D eigenvalue weighted by Crippen LogP contribution is -2.41. The Morgan fingerprint density at radius 2 is 1.26 bits per heavy atom. The van der Waals surface area contributed by atoms with Gasteiger partial charge in [-0.05, 0) is 62.9 Å². The van der Waals surface area contributed by atoms with E-state index in [1.807, 2.05) is 18.2 Å². The third kappa shape index (κ3) is 3.75. The molecule has 4 aromatic rings. The van der Waals surface area contributed by atoms with E-state index in [9.17, 15) is 0 Å². The molecule has 1 heterocycles. The Morgan fingerprint density at radius 3 is 1.74 bits per heavy atom. The fraction of sp³-hybridized carbons (Fsp3) is 0.290. The van der Waals surface area contributed by atoms with Gasteiger partial charge in [-0.15, -0.1) is 6.42 Å². The summed E-state index contributed by atoms with van der Waals surface area (Å²) in [6, 6.07) is 16.7. The first-order valence-electron chi connectivity index (χ1n) is 11.8. The monoisotopic (exact) mass is 464 g/mol. The van der Waals surface area contributed by atoms with Gasteiger partial charge in [-0.1, -0.05) is 76.4 Å². The first-order chi connectivity index (χ1) is 16.3. The van der Waals surface area contributed by atoms with Gasteiger partial charge in [0.05, 0.1) is 0 Å². The minimum Gasteiger partial charge on any atom is -0.448 e. The maximum absolute atomic E-state index is 6.57. The van der Waals surface area contributed by atoms with E-state index < -0.39 is 5.79 Å². The average Bonchev–Trinajstić information content (AvgIpc) is 3.11. The van der Waals surface area contributed by atoms with Crippen LogP contribution in [0.3, 0.4) is 0 Å². The van der Waals surface area contributed by atoms with Crippen molar-refractivity contribution >= 4 is 44.9 Å². The standard InChI is InChI=1S/C31H28O2S/c1-6-23-25-13-21-9-7-8-10-22(21)14-26(25)24(11-12-34)28-16-30-29(15-27(23)28)32-31(33-30,17-19(2)3)18-20(4)5/h1,7-10,13-16,19-20,34H,17-18H2,2-5H3. The van der Waals surface area contributed by atoms with E-state index in [4.69, 9.17) is 15.9 Å². The number of hydrogen-bond donors (Lipinski definition) is 1. The Balaban J connectivity index is 1.82. The van der Waals surface area contributed by atoms with E-state index >= 15 is 0 Å². The lowest BCUT2D eigenvalue weighted by atomic mass is 9.90. The van der Waals surface area contributed by atoms with Crippen molar-refractivity contribution in [2.24, 2.45) is 11.8 Å². The minimum absolute atomic E-state index is 0.435. The van der Waals surface area contributed by atoms with Crippen LogP contribution in [-0.2, 0) is 0 Å². The topological polar surface area (TPSA) is 18.5 Å². The predicted molar refractivity (Wildman–Crippen MR) is 146 cm³/mol. The zero-order valence-corrected chi connectivity index (χ0v) is 20.9. The summed E-state index contributed by atoms with van der Waals surface area (Å²) < 4.78 is 13.1. The zero-order valence-electron chi connectivity index (χ0n) is 20.0. The summed E-state index contributed by atoms with van der Waals surface area (Å²) in [5.41, 5.74) is 1.75. The molecule has 2 nitrogen and oxygen atoms in total. The zero-order chi connectivity index (χ0) is 24.0. The van der Waals surface area contributed by atoms with Gasteiger partial charge in [0.1, 0.15) is 0 Å². The SMILES string of the molecule is C#Cc1c2cc3c(cc2c(C#CS)c2cc4ccccc4cc12)OC(CC(C)C)(CC(C)C)O3. The van der Waals surface area contributed by atoms with Crippen LogP contribution in [0.25, 0.3) is 32.3 Å². The van der Waals surface area contributed by atoms with Crippen LogP contribution < -0.4 is 9.47 Å². The smallest absolute Gasteiger partial charge is 0.252 e. The molecule has 0 radical (unpaired) electrons. The van der Waals surface area contributed by atoms with E-state index in [1.165, 1.54) is 0 Å². The molecule has 0 saturated heterocycles. The fourth-order valence-corrected chi connectivity index (χ4v) is 5.45. The van der Waals surface area contributed by atoms with Crippen molar-refractivity contribution in [2.75, 3.05) is 0 Å². The van der Waals surface area contributed by atoms with E-state index in [0.29, 0.717) is 11.8 Å². The fourth-order valence-electron chi connectivity index (χ4n) is 5.34. The van der Waals surface area contributed by atoms with Gasteiger partial charge in [-0.25, -0.2) is 0 Å². The van der Waals surface area contributed by atoms with Gasteiger partial charge in [-0.2, -0.15) is 0 Å². The highest BCUT2D eigenvalue weighted by molar-refractivity contribution is 7.85. The molecule has 34 heavy (non-hydrogen) atoms. The number of terminal acetylenes is 1. The molecular weight excluding hydrogens is 436 g/mol. The Kier molecular flexibility index (Phi) is 5.63. The van der Waals surface area contributed by atoms with Crippen molar-refractivity contribution in [3.8, 4) is 35.0 Å². The molecule has 5 rings (SSSR count). The molecule has 4 aromatic carbocycles. The van der Waals surface area contributed by atoms with Crippen molar-refractivity contribution in [1.29, 1.82) is 0 Å². The van der Waals surface area contributed by atoms with E-state index in [2.05, 4.69) is 87.7 Å². The molecule has 1 aliphatic rings. The van der Waals surface area contributed by atoms with E-state index in [1.54, 1.807) is 0 Å². The molecule has 0 amide bonds. The van der Waals surface area contributed by atoms with Crippen LogP contribution in [0.15, 0.2) is 48.5 Å². The highest BCUT2D eigenvalue weighted by Gasteiger charge is 2.43. The van der Waals surface area contributed by atoms with Crippen molar-refractivity contribution < 1.29 is 9.47 Å². The Bertz CT molecular complexity index is 1530. The molecule has 0 fully saturated rings. The Morgan fingerprint density at radius 1 is 0.794 bits per heavy atom. The Hall–Kier alpha value is -3.27. The van der Waals surface area contributed by atoms with Crippen LogP contribution in [0.2, 0.25) is 0 Å². The number of fused-ring (bicyclic) bond motifs is 4. The maximum Gasteiger partial charge on any atom is 0.252 e. The number of ether oxygens (including phenoxy) is 2. The summed E-state index contributed by atoms with van der Waals surface area (Å²) in [5, 5.41) is 9.04. The molecule has 0 unspecified atom stereocenters. The van der Waals surface area contributed by atoms with Crippen molar-refractivity contribution in [3.05, 3.63) is 59.7 Å². The largest absolute Gasteiger partial charge is 0.448 e. The van der Waals surface area contributed by atoms with Gasteiger partial charge < -0.3 is 9.47 Å². The van der Waals surface area contributed by atoms with Gasteiger partial charge in [0.2, 0.25) is 0 Å². The average molecular weight is 465 g/mol. The second-order valence-electron chi connectivity index (χ2n) is 10.0. The molecule has 0 aliphatic carbocycles. The quantitative estimate of drug-likeness (QED) is 0.188. The highest BCUT2D eigenvalue weighted by Crippen LogP contribution is 2.48. The normalized spacial score (nSPS) is 14.1. The second kappa shape index (κ2) is 8.50. The maximum atomic E-state index is 6.57. The van der Waals surface area contributed by atoms with Gasteiger partial charge in [0, 0.05) is 34.7 Å². The molecule has 0 N–H and O–H groups in total. The molecule has 170 valence electrons. The summed E-state index contributed by atoms with van der Waals surface area (Å²) in [6.45, 7) is 8.79. The molecule has 1 aliphatic heterocycles. The third-order valence-corrected chi connectivity index (χ3v) is 6.51. The summed E-state index contributed by atoms with van der Waals surface area (Å²) >= 11 is 4.23. The summed E-state index contributed by atoms with van der Waals surface area (Å²) in [4.78, 5) is 0. The lowest BCUT2D eigenvalue weighted by Gasteiger charge is -2.31. The molecule has 0 saturated carbocycles. The van der Waals surface area contributed by atoms with Crippen LogP contribution in [0, 0.1) is 35.4 Å². The summed E-state index contributed by atoms with van der Waals surface area (Å²) in [7, 11) is 0. The van der Waals surface area contributed by atoms with Gasteiger partial charge in [0.25, 0.3) is 5.79 Å². The molecule has 0 bridgehead atoms. The van der Waals surface area contributed by atoms with Gasteiger partial charge >= 0.3 is 0 Å². The lowest BCUT2D eigenvalue weighted by molar-refractivity contribution is -0.108. The van der Waals surface area contributed by atoms with Crippen LogP contribution in [0.4, 0.5) is 0 Å². The number of benzene rings is 4.